The smallest absolute Gasteiger partial charge is 0.166 e. The van der Waals surface area contributed by atoms with Crippen LogP contribution < -0.4 is 4.90 Å². The minimum absolute atomic E-state index is 0.158. The zero-order valence-electron chi connectivity index (χ0n) is 14.8. The highest BCUT2D eigenvalue weighted by Gasteiger charge is 2.45. The van der Waals surface area contributed by atoms with Gasteiger partial charge in [-0.25, -0.2) is 15.0 Å². The number of aliphatic hydroxyl groups is 1. The quantitative estimate of drug-likeness (QED) is 0.926. The van der Waals surface area contributed by atoms with E-state index in [1.54, 1.807) is 6.33 Å². The lowest BCUT2D eigenvalue weighted by Gasteiger charge is -2.27. The summed E-state index contributed by atoms with van der Waals surface area (Å²) in [7, 11) is 0. The van der Waals surface area contributed by atoms with Crippen LogP contribution in [0.15, 0.2) is 12.7 Å². The number of hydrogen-bond donors (Lipinski definition) is 1. The summed E-state index contributed by atoms with van der Waals surface area (Å²) in [5.74, 6) is 2.69. The first kappa shape index (κ1) is 15.6. The number of aromatic nitrogens is 4. The van der Waals surface area contributed by atoms with Crippen LogP contribution in [-0.2, 0) is 5.54 Å². The molecule has 2 saturated carbocycles. The molecule has 25 heavy (non-hydrogen) atoms. The van der Waals surface area contributed by atoms with Crippen LogP contribution >= 0.6 is 0 Å². The molecule has 2 aromatic rings. The maximum Gasteiger partial charge on any atom is 0.166 e. The van der Waals surface area contributed by atoms with E-state index in [1.807, 2.05) is 6.33 Å². The Morgan fingerprint density at radius 1 is 1.04 bits per heavy atom. The Morgan fingerprint density at radius 2 is 1.88 bits per heavy atom. The Kier molecular flexibility index (Phi) is 3.69. The second kappa shape index (κ2) is 5.94. The Morgan fingerprint density at radius 3 is 2.64 bits per heavy atom. The molecule has 0 bridgehead atoms. The summed E-state index contributed by atoms with van der Waals surface area (Å²) >= 11 is 0. The summed E-state index contributed by atoms with van der Waals surface area (Å²) in [6, 6.07) is 0. The number of imidazole rings is 1. The van der Waals surface area contributed by atoms with Gasteiger partial charge in [-0.1, -0.05) is 32.1 Å². The molecule has 6 nitrogen and oxygen atoms in total. The number of rotatable bonds is 4. The van der Waals surface area contributed by atoms with E-state index in [9.17, 15) is 5.11 Å². The molecule has 0 radical (unpaired) electrons. The Balaban J connectivity index is 1.42. The molecule has 3 aliphatic rings. The van der Waals surface area contributed by atoms with Gasteiger partial charge in [0.25, 0.3) is 0 Å². The first-order chi connectivity index (χ1) is 12.3. The van der Waals surface area contributed by atoms with E-state index in [2.05, 4.69) is 24.4 Å². The average molecular weight is 341 g/mol. The van der Waals surface area contributed by atoms with Gasteiger partial charge < -0.3 is 14.6 Å². The molecule has 1 unspecified atom stereocenters. The number of anilines is 1. The summed E-state index contributed by atoms with van der Waals surface area (Å²) < 4.78 is 2.07. The van der Waals surface area contributed by atoms with Gasteiger partial charge in [-0.3, -0.25) is 0 Å². The van der Waals surface area contributed by atoms with Crippen LogP contribution in [0, 0.1) is 11.8 Å². The van der Waals surface area contributed by atoms with Crippen molar-refractivity contribution in [1.29, 1.82) is 0 Å². The van der Waals surface area contributed by atoms with E-state index < -0.39 is 0 Å². The minimum atomic E-state index is -0.171. The first-order valence-corrected chi connectivity index (χ1v) is 9.85. The second-order valence-corrected chi connectivity index (χ2v) is 8.26. The molecule has 3 heterocycles. The van der Waals surface area contributed by atoms with E-state index in [0.29, 0.717) is 0 Å². The van der Waals surface area contributed by atoms with Crippen LogP contribution in [0.3, 0.4) is 0 Å². The van der Waals surface area contributed by atoms with Crippen LogP contribution in [0.25, 0.3) is 11.2 Å². The van der Waals surface area contributed by atoms with Crippen molar-refractivity contribution in [1.82, 2.24) is 19.5 Å². The van der Waals surface area contributed by atoms with Gasteiger partial charge in [0.1, 0.15) is 6.33 Å². The molecule has 0 spiro atoms. The monoisotopic (exact) mass is 341 g/mol. The van der Waals surface area contributed by atoms with Crippen LogP contribution in [0.1, 0.15) is 51.4 Å². The fourth-order valence-corrected chi connectivity index (χ4v) is 4.99. The summed E-state index contributed by atoms with van der Waals surface area (Å²) in [6.45, 7) is 2.34. The fraction of sp³-hybridized carbons (Fsp3) is 0.737. The molecule has 0 aromatic carbocycles. The molecule has 6 heteroatoms. The summed E-state index contributed by atoms with van der Waals surface area (Å²) in [4.78, 5) is 16.1. The Hall–Kier alpha value is -1.69. The molecule has 2 aromatic heterocycles. The molecule has 5 rings (SSSR count). The zero-order chi connectivity index (χ0) is 16.9. The van der Waals surface area contributed by atoms with Gasteiger partial charge in [-0.05, 0) is 31.1 Å². The predicted octanol–water partition coefficient (Wildman–Crippen LogP) is 2.71. The molecule has 0 amide bonds. The number of nitrogens with zero attached hydrogens (tertiary/aromatic N) is 5. The van der Waals surface area contributed by atoms with Crippen molar-refractivity contribution in [2.24, 2.45) is 11.8 Å². The summed E-state index contributed by atoms with van der Waals surface area (Å²) in [5, 5.41) is 9.75. The Bertz CT molecular complexity index is 762. The maximum absolute atomic E-state index is 9.75. The highest BCUT2D eigenvalue weighted by molar-refractivity contribution is 5.83. The number of hydrogen-bond acceptors (Lipinski definition) is 5. The SMILES string of the molecule is OCC1(n2cnc3c(N4CCC(C5CCCCC5)C4)ncnc32)CC1. The normalized spacial score (nSPS) is 26.4. The van der Waals surface area contributed by atoms with Gasteiger partial charge in [0.2, 0.25) is 0 Å². The van der Waals surface area contributed by atoms with Crippen LogP contribution in [0.2, 0.25) is 0 Å². The number of fused-ring (bicyclic) bond motifs is 1. The minimum Gasteiger partial charge on any atom is -0.394 e. The molecule has 1 aliphatic heterocycles. The number of aliphatic hydroxyl groups excluding tert-OH is 1. The Labute approximate surface area is 148 Å². The van der Waals surface area contributed by atoms with Gasteiger partial charge in [0, 0.05) is 13.1 Å². The van der Waals surface area contributed by atoms with E-state index in [0.717, 1.165) is 54.7 Å². The highest BCUT2D eigenvalue weighted by Crippen LogP contribution is 2.45. The third kappa shape index (κ3) is 2.53. The molecule has 3 fully saturated rings. The second-order valence-electron chi connectivity index (χ2n) is 8.26. The van der Waals surface area contributed by atoms with E-state index >= 15 is 0 Å². The molecule has 1 saturated heterocycles. The zero-order valence-corrected chi connectivity index (χ0v) is 14.8. The van der Waals surface area contributed by atoms with E-state index in [4.69, 9.17) is 0 Å². The lowest BCUT2D eigenvalue weighted by Crippen LogP contribution is -2.25. The lowest BCUT2D eigenvalue weighted by atomic mass is 9.80. The average Bonchev–Trinajstić information content (AvgIpc) is 3.10. The molecular formula is C19H27N5O. The van der Waals surface area contributed by atoms with Crippen molar-refractivity contribution < 1.29 is 5.11 Å². The van der Waals surface area contributed by atoms with Crippen LogP contribution in [0.5, 0.6) is 0 Å². The van der Waals surface area contributed by atoms with Gasteiger partial charge in [-0.15, -0.1) is 0 Å². The van der Waals surface area contributed by atoms with E-state index in [1.165, 1.54) is 38.5 Å². The van der Waals surface area contributed by atoms with Crippen molar-refractivity contribution in [2.75, 3.05) is 24.6 Å². The lowest BCUT2D eigenvalue weighted by molar-refractivity contribution is 0.215. The van der Waals surface area contributed by atoms with Crippen molar-refractivity contribution >= 4 is 17.0 Å². The first-order valence-electron chi connectivity index (χ1n) is 9.85. The van der Waals surface area contributed by atoms with Crippen molar-refractivity contribution in [3.63, 3.8) is 0 Å². The van der Waals surface area contributed by atoms with Crippen molar-refractivity contribution in [2.45, 2.75) is 56.9 Å². The molecular weight excluding hydrogens is 314 g/mol. The van der Waals surface area contributed by atoms with Crippen molar-refractivity contribution in [3.8, 4) is 0 Å². The molecule has 1 N–H and O–H groups in total. The molecule has 2 aliphatic carbocycles. The summed E-state index contributed by atoms with van der Waals surface area (Å²) in [5.41, 5.74) is 1.60. The fourth-order valence-electron chi connectivity index (χ4n) is 4.99. The maximum atomic E-state index is 9.75. The topological polar surface area (TPSA) is 67.1 Å². The molecule has 1 atom stereocenters. The largest absolute Gasteiger partial charge is 0.394 e. The van der Waals surface area contributed by atoms with Gasteiger partial charge in [0.05, 0.1) is 18.5 Å². The standard InChI is InChI=1S/C19H27N5O/c25-11-19(7-8-19)24-13-22-16-17(20-12-21-18(16)24)23-9-6-15(10-23)14-4-2-1-3-5-14/h12-15,25H,1-11H2. The van der Waals surface area contributed by atoms with Crippen LogP contribution in [0.4, 0.5) is 5.82 Å². The third-order valence-corrected chi connectivity index (χ3v) is 6.79. The van der Waals surface area contributed by atoms with Crippen molar-refractivity contribution in [3.05, 3.63) is 12.7 Å². The highest BCUT2D eigenvalue weighted by atomic mass is 16.3. The summed E-state index contributed by atoms with van der Waals surface area (Å²) in [6.07, 6.45) is 13.8. The van der Waals surface area contributed by atoms with Gasteiger partial charge in [0.15, 0.2) is 17.0 Å². The van der Waals surface area contributed by atoms with Gasteiger partial charge in [-0.2, -0.15) is 0 Å². The third-order valence-electron chi connectivity index (χ3n) is 6.79. The van der Waals surface area contributed by atoms with E-state index in [-0.39, 0.29) is 12.1 Å². The predicted molar refractivity (Wildman–Crippen MR) is 96.5 cm³/mol. The van der Waals surface area contributed by atoms with Gasteiger partial charge >= 0.3 is 0 Å². The van der Waals surface area contributed by atoms with Crippen LogP contribution in [-0.4, -0.2) is 44.3 Å². The molecule has 134 valence electrons.